The van der Waals surface area contributed by atoms with Crippen LogP contribution in [-0.2, 0) is 27.6 Å². The summed E-state index contributed by atoms with van der Waals surface area (Å²) in [6.07, 6.45) is 4.22. The summed E-state index contributed by atoms with van der Waals surface area (Å²) in [5.41, 5.74) is 0.722. The van der Waals surface area contributed by atoms with Crippen molar-refractivity contribution in [3.05, 3.63) is 57.1 Å². The van der Waals surface area contributed by atoms with Crippen molar-refractivity contribution in [3.8, 4) is 11.5 Å². The molecule has 0 aromatic heterocycles. The Morgan fingerprint density at radius 3 is 2.66 bits per heavy atom. The molecule has 2 aromatic rings. The lowest BCUT2D eigenvalue weighted by Crippen LogP contribution is -2.78. The number of sulfonamides is 1. The third kappa shape index (κ3) is 3.47. The number of phenols is 1. The Morgan fingerprint density at radius 2 is 1.92 bits per heavy atom. The minimum absolute atomic E-state index is 0.0498. The molecule has 7 nitrogen and oxygen atoms in total. The van der Waals surface area contributed by atoms with Gasteiger partial charge in [0.2, 0.25) is 10.0 Å². The molecule has 2 N–H and O–H groups in total. The van der Waals surface area contributed by atoms with Crippen molar-refractivity contribution in [1.29, 1.82) is 0 Å². The van der Waals surface area contributed by atoms with Gasteiger partial charge in [-0.25, -0.2) is 8.42 Å². The third-order valence-electron chi connectivity index (χ3n) is 9.97. The van der Waals surface area contributed by atoms with Crippen LogP contribution in [0.5, 0.6) is 11.5 Å². The van der Waals surface area contributed by atoms with Crippen LogP contribution in [0.15, 0.2) is 30.3 Å². The van der Waals surface area contributed by atoms with Gasteiger partial charge in [0.25, 0.3) is 0 Å². The summed E-state index contributed by atoms with van der Waals surface area (Å²) >= 11 is 12.2. The van der Waals surface area contributed by atoms with Crippen molar-refractivity contribution in [2.24, 2.45) is 5.92 Å². The second-order valence-corrected chi connectivity index (χ2v) is 14.8. The topological polar surface area (TPSA) is 90.3 Å². The normalized spacial score (nSPS) is 33.8. The maximum Gasteiger partial charge on any atom is 0.218 e. The molecule has 2 aromatic carbocycles. The Balaban J connectivity index is 1.28. The van der Waals surface area contributed by atoms with E-state index >= 15 is 0 Å². The Bertz CT molecular complexity index is 1430. The molecule has 0 unspecified atom stereocenters. The highest BCUT2D eigenvalue weighted by Crippen LogP contribution is 2.66. The molecule has 3 aliphatic carbocycles. The fourth-order valence-corrected chi connectivity index (χ4v) is 9.73. The number of likely N-dealkylation sites (N-methyl/N-ethyl adjacent to an activating group) is 1. The van der Waals surface area contributed by atoms with Gasteiger partial charge in [-0.1, -0.05) is 35.3 Å². The summed E-state index contributed by atoms with van der Waals surface area (Å²) in [6.45, 7) is 1.82. The van der Waals surface area contributed by atoms with Crippen molar-refractivity contribution >= 4 is 33.2 Å². The van der Waals surface area contributed by atoms with Crippen molar-refractivity contribution in [3.63, 3.8) is 0 Å². The van der Waals surface area contributed by atoms with Crippen LogP contribution in [0.25, 0.3) is 0 Å². The predicted molar refractivity (Wildman–Crippen MR) is 145 cm³/mol. The van der Waals surface area contributed by atoms with Gasteiger partial charge in [0.05, 0.1) is 32.9 Å². The van der Waals surface area contributed by atoms with Crippen LogP contribution in [0, 0.1) is 5.92 Å². The lowest BCUT2D eigenvalue weighted by molar-refractivity contribution is -0.195. The first-order valence-corrected chi connectivity index (χ1v) is 15.8. The number of hydrogen-bond donors (Lipinski definition) is 2. The highest BCUT2D eigenvalue weighted by atomic mass is 35.5. The largest absolute Gasteiger partial charge is 0.504 e. The van der Waals surface area contributed by atoms with Gasteiger partial charge in [0.1, 0.15) is 6.10 Å². The van der Waals surface area contributed by atoms with Gasteiger partial charge in [-0.15, -0.1) is 0 Å². The first-order chi connectivity index (χ1) is 18.0. The van der Waals surface area contributed by atoms with Gasteiger partial charge in [-0.05, 0) is 80.3 Å². The molecule has 204 valence electrons. The van der Waals surface area contributed by atoms with Crippen LogP contribution in [0.1, 0.15) is 48.8 Å². The summed E-state index contributed by atoms with van der Waals surface area (Å²) in [5, 5.41) is 24.1. The maximum absolute atomic E-state index is 13.7. The van der Waals surface area contributed by atoms with Crippen LogP contribution < -0.4 is 4.74 Å². The summed E-state index contributed by atoms with van der Waals surface area (Å²) in [4.78, 5) is 2.47. The molecule has 38 heavy (non-hydrogen) atoms. The zero-order valence-electron chi connectivity index (χ0n) is 21.2. The van der Waals surface area contributed by atoms with Gasteiger partial charge in [0.15, 0.2) is 11.5 Å². The Morgan fingerprint density at radius 1 is 1.13 bits per heavy atom. The van der Waals surface area contributed by atoms with E-state index in [-0.39, 0.29) is 17.5 Å². The highest BCUT2D eigenvalue weighted by Gasteiger charge is 2.73. The van der Waals surface area contributed by atoms with E-state index in [4.69, 9.17) is 27.9 Å². The molecule has 0 radical (unpaired) electrons. The molecule has 10 heteroatoms. The Kier molecular flexibility index (Phi) is 5.67. The average Bonchev–Trinajstić information content (AvgIpc) is 3.61. The smallest absolute Gasteiger partial charge is 0.218 e. The number of halogens is 2. The molecule has 2 saturated carbocycles. The summed E-state index contributed by atoms with van der Waals surface area (Å²) in [7, 11) is -2.15. The summed E-state index contributed by atoms with van der Waals surface area (Å²) in [6, 6.07) is 7.96. The molecule has 2 heterocycles. The number of piperidine rings is 1. The number of aromatic hydroxyl groups is 1. The fourth-order valence-electron chi connectivity index (χ4n) is 7.98. The highest BCUT2D eigenvalue weighted by molar-refractivity contribution is 7.88. The Hall–Kier alpha value is -1.55. The van der Waals surface area contributed by atoms with E-state index in [0.29, 0.717) is 53.0 Å². The molecule has 5 aliphatic rings. The van der Waals surface area contributed by atoms with Crippen LogP contribution in [-0.4, -0.2) is 71.8 Å². The van der Waals surface area contributed by atoms with Gasteiger partial charge >= 0.3 is 0 Å². The molecule has 5 atom stereocenters. The predicted octanol–water partition coefficient (Wildman–Crippen LogP) is 4.09. The monoisotopic (exact) mass is 578 g/mol. The second kappa shape index (κ2) is 8.48. The molecule has 7 rings (SSSR count). The van der Waals surface area contributed by atoms with Crippen LogP contribution in [0.4, 0.5) is 0 Å². The van der Waals surface area contributed by atoms with Crippen LogP contribution >= 0.6 is 23.2 Å². The third-order valence-corrected chi connectivity index (χ3v) is 12.6. The van der Waals surface area contributed by atoms with E-state index in [0.717, 1.165) is 24.2 Å². The number of benzene rings is 2. The van der Waals surface area contributed by atoms with Gasteiger partial charge in [-0.3, -0.25) is 4.90 Å². The first-order valence-electron chi connectivity index (χ1n) is 13.4. The molecule has 1 saturated heterocycles. The van der Waals surface area contributed by atoms with Crippen molar-refractivity contribution in [2.45, 2.75) is 73.5 Å². The SMILES string of the molecule is CN([C@H]1CC[C@@]2(O)[C@@H]3Cc4ccc(O)c5c4[C@@]2(CCN3CC2CC2)[C@H]1O5)S(=O)(=O)Cc1ccc(Cl)c(Cl)c1. The molecule has 2 bridgehead atoms. The van der Waals surface area contributed by atoms with Crippen LogP contribution in [0.3, 0.4) is 0 Å². The molecule has 1 spiro atoms. The number of rotatable bonds is 6. The average molecular weight is 580 g/mol. The Labute approximate surface area is 233 Å². The van der Waals surface area contributed by atoms with Gasteiger partial charge in [0, 0.05) is 25.2 Å². The minimum Gasteiger partial charge on any atom is -0.504 e. The standard InChI is InChI=1S/C28H32Cl2N2O5S/c1-31(38(35,36)15-17-4-6-19(29)20(30)12-17)21-8-9-28(34)23-13-18-5-7-22(33)25-24(18)27(28,26(21)37-25)10-11-32(23)14-16-2-3-16/h4-7,12,16,21,23,26,33-34H,2-3,8-11,13-15H2,1H3/t21-,23-,26-,27-,28+/m0/s1. The fraction of sp³-hybridized carbons (Fsp3) is 0.571. The number of aliphatic hydroxyl groups is 1. The van der Waals surface area contributed by atoms with E-state index in [1.165, 1.54) is 17.1 Å². The molecule has 0 amide bonds. The molecular weight excluding hydrogens is 547 g/mol. The minimum atomic E-state index is -3.76. The lowest BCUT2D eigenvalue weighted by Gasteiger charge is -2.64. The number of hydrogen-bond acceptors (Lipinski definition) is 6. The number of ether oxygens (including phenoxy) is 1. The maximum atomic E-state index is 13.7. The quantitative estimate of drug-likeness (QED) is 0.536. The molecular formula is C28H32Cl2N2O5S. The van der Waals surface area contributed by atoms with E-state index in [9.17, 15) is 18.6 Å². The molecule has 3 fully saturated rings. The van der Waals surface area contributed by atoms with Gasteiger partial charge < -0.3 is 14.9 Å². The lowest BCUT2D eigenvalue weighted by atomic mass is 9.48. The first kappa shape index (κ1) is 25.4. The molecule has 2 aliphatic heterocycles. The summed E-state index contributed by atoms with van der Waals surface area (Å²) < 4.78 is 35.4. The van der Waals surface area contributed by atoms with E-state index in [1.807, 2.05) is 6.07 Å². The van der Waals surface area contributed by atoms with Gasteiger partial charge in [-0.2, -0.15) is 4.31 Å². The summed E-state index contributed by atoms with van der Waals surface area (Å²) in [5.74, 6) is 0.951. The van der Waals surface area contributed by atoms with E-state index in [1.54, 1.807) is 31.3 Å². The number of nitrogens with zero attached hydrogens (tertiary/aromatic N) is 2. The number of phenolic OH excluding ortho intramolecular Hbond substituents is 1. The van der Waals surface area contributed by atoms with Crippen molar-refractivity contribution in [2.75, 3.05) is 20.1 Å². The van der Waals surface area contributed by atoms with Crippen molar-refractivity contribution < 1.29 is 23.4 Å². The second-order valence-electron chi connectivity index (χ2n) is 11.9. The van der Waals surface area contributed by atoms with Crippen LogP contribution in [0.2, 0.25) is 10.0 Å². The van der Waals surface area contributed by atoms with Crippen molar-refractivity contribution in [1.82, 2.24) is 9.21 Å². The zero-order valence-corrected chi connectivity index (χ0v) is 23.6. The number of likely N-dealkylation sites (tertiary alicyclic amines) is 1. The zero-order chi connectivity index (χ0) is 26.6. The van der Waals surface area contributed by atoms with E-state index in [2.05, 4.69) is 4.90 Å². The van der Waals surface area contributed by atoms with E-state index < -0.39 is 33.2 Å².